The average molecular weight is 156 g/mol. The Morgan fingerprint density at radius 3 is 3.18 bits per heavy atom. The molecule has 3 nitrogen and oxygen atoms in total. The minimum Gasteiger partial charge on any atom is -0.433 e. The predicted octanol–water partition coefficient (Wildman–Crippen LogP) is 1.08. The summed E-state index contributed by atoms with van der Waals surface area (Å²) in [5, 5.41) is 0. The lowest BCUT2D eigenvalue weighted by Gasteiger charge is -2.33. The van der Waals surface area contributed by atoms with Crippen molar-refractivity contribution in [2.75, 3.05) is 6.61 Å². The van der Waals surface area contributed by atoms with Crippen LogP contribution in [0, 0.1) is 5.92 Å². The number of rotatable bonds is 0. The molecule has 0 unspecified atom stereocenters. The van der Waals surface area contributed by atoms with E-state index in [1.165, 1.54) is 0 Å². The largest absolute Gasteiger partial charge is 0.433 e. The Kier molecular flexibility index (Phi) is 1.42. The lowest BCUT2D eigenvalue weighted by atomic mass is 9.92. The topological polar surface area (TPSA) is 35.5 Å². The van der Waals surface area contributed by atoms with Crippen LogP contribution in [0.5, 0.6) is 0 Å². The molecule has 0 spiro atoms. The minimum atomic E-state index is -0.588. The molecule has 0 saturated carbocycles. The number of hydrogen-bond donors (Lipinski definition) is 0. The number of carbonyl (C=O) groups is 1. The zero-order valence-electron chi connectivity index (χ0n) is 6.63. The smallest absolute Gasteiger partial charge is 0.308 e. The molecule has 0 amide bonds. The Morgan fingerprint density at radius 1 is 1.64 bits per heavy atom. The molecule has 0 radical (unpaired) electrons. The van der Waals surface area contributed by atoms with Gasteiger partial charge < -0.3 is 9.47 Å². The van der Waals surface area contributed by atoms with Gasteiger partial charge >= 0.3 is 5.97 Å². The first kappa shape index (κ1) is 7.10. The lowest BCUT2D eigenvalue weighted by Crippen LogP contribution is -2.38. The third kappa shape index (κ3) is 1.03. The molecule has 2 aliphatic heterocycles. The highest BCUT2D eigenvalue weighted by atomic mass is 16.7. The molecule has 3 heteroatoms. The molecule has 2 saturated heterocycles. The third-order valence-corrected chi connectivity index (χ3v) is 2.56. The van der Waals surface area contributed by atoms with Gasteiger partial charge in [-0.05, 0) is 12.8 Å². The molecule has 2 heterocycles. The summed E-state index contributed by atoms with van der Waals surface area (Å²) in [5.41, 5.74) is 0. The molecule has 0 aromatic carbocycles. The van der Waals surface area contributed by atoms with E-state index in [1.807, 2.05) is 6.92 Å². The Labute approximate surface area is 65.7 Å². The van der Waals surface area contributed by atoms with E-state index in [2.05, 4.69) is 0 Å². The maximum Gasteiger partial charge on any atom is 0.308 e. The van der Waals surface area contributed by atoms with Crippen molar-refractivity contribution in [2.45, 2.75) is 32.0 Å². The van der Waals surface area contributed by atoms with Crippen LogP contribution in [-0.2, 0) is 14.3 Å². The summed E-state index contributed by atoms with van der Waals surface area (Å²) >= 11 is 0. The second-order valence-corrected chi connectivity index (χ2v) is 3.38. The van der Waals surface area contributed by atoms with Gasteiger partial charge in [0.1, 0.15) is 0 Å². The van der Waals surface area contributed by atoms with Crippen LogP contribution in [0.3, 0.4) is 0 Å². The molecule has 2 fully saturated rings. The second kappa shape index (κ2) is 2.21. The van der Waals surface area contributed by atoms with Gasteiger partial charge in [0.2, 0.25) is 5.79 Å². The van der Waals surface area contributed by atoms with Crippen LogP contribution in [0.25, 0.3) is 0 Å². The zero-order chi connectivity index (χ0) is 7.90. The van der Waals surface area contributed by atoms with Crippen LogP contribution in [-0.4, -0.2) is 18.4 Å². The van der Waals surface area contributed by atoms with Gasteiger partial charge in [-0.15, -0.1) is 0 Å². The molecule has 11 heavy (non-hydrogen) atoms. The van der Waals surface area contributed by atoms with Gasteiger partial charge in [0.05, 0.1) is 13.0 Å². The van der Waals surface area contributed by atoms with Crippen molar-refractivity contribution < 1.29 is 14.3 Å². The van der Waals surface area contributed by atoms with Gasteiger partial charge in [-0.3, -0.25) is 4.79 Å². The third-order valence-electron chi connectivity index (χ3n) is 2.56. The van der Waals surface area contributed by atoms with Crippen LogP contribution in [0.15, 0.2) is 0 Å². The normalized spacial score (nSPS) is 43.4. The summed E-state index contributed by atoms with van der Waals surface area (Å²) in [5.74, 6) is -0.404. The van der Waals surface area contributed by atoms with Gasteiger partial charge in [0.15, 0.2) is 0 Å². The Balaban J connectivity index is 2.17. The fraction of sp³-hybridized carbons (Fsp3) is 0.875. The van der Waals surface area contributed by atoms with Crippen LogP contribution < -0.4 is 0 Å². The van der Waals surface area contributed by atoms with E-state index in [0.717, 1.165) is 19.4 Å². The fourth-order valence-electron chi connectivity index (χ4n) is 1.85. The van der Waals surface area contributed by atoms with E-state index >= 15 is 0 Å². The maximum atomic E-state index is 10.9. The molecule has 2 aliphatic rings. The van der Waals surface area contributed by atoms with Crippen molar-refractivity contribution in [1.29, 1.82) is 0 Å². The Bertz CT molecular complexity index is 190. The molecule has 0 aromatic heterocycles. The maximum absolute atomic E-state index is 10.9. The number of hydrogen-bond acceptors (Lipinski definition) is 3. The van der Waals surface area contributed by atoms with E-state index < -0.39 is 5.79 Å². The average Bonchev–Trinajstić information content (AvgIpc) is 2.22. The standard InChI is InChI=1S/C8H12O3/c1-8-6(3-2-4-10-8)5-7(9)11-8/h6H,2-5H2,1H3/t6-,8+/m0/s1. The van der Waals surface area contributed by atoms with E-state index in [0.29, 0.717) is 12.3 Å². The van der Waals surface area contributed by atoms with E-state index in [9.17, 15) is 4.79 Å². The highest BCUT2D eigenvalue weighted by Gasteiger charge is 2.48. The molecule has 0 aromatic rings. The molecule has 0 bridgehead atoms. The number of ether oxygens (including phenoxy) is 2. The van der Waals surface area contributed by atoms with E-state index in [4.69, 9.17) is 9.47 Å². The van der Waals surface area contributed by atoms with Gasteiger partial charge in [-0.1, -0.05) is 0 Å². The van der Waals surface area contributed by atoms with Crippen LogP contribution in [0.4, 0.5) is 0 Å². The molecular weight excluding hydrogens is 144 g/mol. The SMILES string of the molecule is C[C@]12OCCC[C@H]1CC(=O)O2. The Hall–Kier alpha value is -0.570. The van der Waals surface area contributed by atoms with Gasteiger partial charge in [0, 0.05) is 12.8 Å². The zero-order valence-corrected chi connectivity index (χ0v) is 6.63. The summed E-state index contributed by atoms with van der Waals surface area (Å²) in [7, 11) is 0. The van der Waals surface area contributed by atoms with Gasteiger partial charge in [-0.2, -0.15) is 0 Å². The van der Waals surface area contributed by atoms with Crippen molar-refractivity contribution in [3.05, 3.63) is 0 Å². The first-order valence-electron chi connectivity index (χ1n) is 4.06. The first-order chi connectivity index (χ1) is 5.21. The highest BCUT2D eigenvalue weighted by Crippen LogP contribution is 2.39. The number of carbonyl (C=O) groups excluding carboxylic acids is 1. The van der Waals surface area contributed by atoms with Crippen LogP contribution in [0.2, 0.25) is 0 Å². The minimum absolute atomic E-state index is 0.112. The molecule has 62 valence electrons. The van der Waals surface area contributed by atoms with E-state index in [-0.39, 0.29) is 5.97 Å². The molecular formula is C8H12O3. The van der Waals surface area contributed by atoms with Crippen molar-refractivity contribution in [1.82, 2.24) is 0 Å². The number of fused-ring (bicyclic) bond motifs is 1. The highest BCUT2D eigenvalue weighted by molar-refractivity contribution is 5.72. The summed E-state index contributed by atoms with van der Waals surface area (Å²) in [6, 6.07) is 0. The quantitative estimate of drug-likeness (QED) is 0.492. The molecule has 0 N–H and O–H groups in total. The molecule has 2 rings (SSSR count). The van der Waals surface area contributed by atoms with Crippen molar-refractivity contribution in [3.63, 3.8) is 0 Å². The molecule has 2 atom stereocenters. The lowest BCUT2D eigenvalue weighted by molar-refractivity contribution is -0.232. The van der Waals surface area contributed by atoms with Crippen molar-refractivity contribution >= 4 is 5.97 Å². The first-order valence-corrected chi connectivity index (χ1v) is 4.06. The summed E-state index contributed by atoms with van der Waals surface area (Å²) in [6.07, 6.45) is 2.65. The van der Waals surface area contributed by atoms with Crippen molar-refractivity contribution in [3.8, 4) is 0 Å². The van der Waals surface area contributed by atoms with E-state index in [1.54, 1.807) is 0 Å². The molecule has 0 aliphatic carbocycles. The van der Waals surface area contributed by atoms with Crippen LogP contribution >= 0.6 is 0 Å². The monoisotopic (exact) mass is 156 g/mol. The second-order valence-electron chi connectivity index (χ2n) is 3.38. The van der Waals surface area contributed by atoms with Crippen LogP contribution in [0.1, 0.15) is 26.2 Å². The summed E-state index contributed by atoms with van der Waals surface area (Å²) in [6.45, 7) is 2.59. The fourth-order valence-corrected chi connectivity index (χ4v) is 1.85. The summed E-state index contributed by atoms with van der Waals surface area (Å²) in [4.78, 5) is 10.9. The Morgan fingerprint density at radius 2 is 2.45 bits per heavy atom. The van der Waals surface area contributed by atoms with Crippen molar-refractivity contribution in [2.24, 2.45) is 5.92 Å². The summed E-state index contributed by atoms with van der Waals surface area (Å²) < 4.78 is 10.5. The van der Waals surface area contributed by atoms with Gasteiger partial charge in [0.25, 0.3) is 0 Å². The van der Waals surface area contributed by atoms with Gasteiger partial charge in [-0.25, -0.2) is 0 Å². The number of esters is 1. The predicted molar refractivity (Wildman–Crippen MR) is 37.8 cm³/mol.